The minimum atomic E-state index is -1.28. The van der Waals surface area contributed by atoms with Crippen molar-refractivity contribution in [3.8, 4) is 0 Å². The number of nitrogens with zero attached hydrogens (tertiary/aromatic N) is 1. The van der Waals surface area contributed by atoms with Gasteiger partial charge in [-0.2, -0.15) is 0 Å². The van der Waals surface area contributed by atoms with E-state index in [1.807, 2.05) is 0 Å². The maximum atomic E-state index is 13.3. The Hall–Kier alpha value is -0.850. The Labute approximate surface area is 324 Å². The zero-order chi connectivity index (χ0) is 38.8. The van der Waals surface area contributed by atoms with E-state index in [0.717, 1.165) is 32.1 Å². The van der Waals surface area contributed by atoms with Crippen LogP contribution < -0.4 is 0 Å². The van der Waals surface area contributed by atoms with Crippen LogP contribution in [0.25, 0.3) is 0 Å². The fourth-order valence-corrected chi connectivity index (χ4v) is 7.21. The van der Waals surface area contributed by atoms with Gasteiger partial charge in [0.1, 0.15) is 30.5 Å². The highest BCUT2D eigenvalue weighted by atomic mass is 16.6. The molecule has 0 aromatic heterocycles. The Kier molecular flexibility index (Phi) is 33.7. The van der Waals surface area contributed by atoms with Crippen LogP contribution in [-0.2, 0) is 19.0 Å². The van der Waals surface area contributed by atoms with Crippen molar-refractivity contribution in [2.75, 3.05) is 46.1 Å². The lowest BCUT2D eigenvalue weighted by Gasteiger charge is -2.37. The number of carbonyl (C=O) groups excluding carboxylic acids is 1. The third-order valence-electron chi connectivity index (χ3n) is 10.8. The Morgan fingerprint density at radius 1 is 0.660 bits per heavy atom. The first kappa shape index (κ1) is 50.2. The molecule has 53 heavy (non-hydrogen) atoms. The first-order valence-electron chi connectivity index (χ1n) is 22.3. The van der Waals surface area contributed by atoms with Crippen LogP contribution in [0.1, 0.15) is 187 Å². The average Bonchev–Trinajstić information content (AvgIpc) is 3.16. The SMILES string of the molecule is CCCCCCCCCCCCCCCCOCC(O)CN(CCO[C@H]1CO[C@H](CO)[C@@H](O)[C@@H]1O)C(=O)C(O)CCCCCCCCCCCCCC. The van der Waals surface area contributed by atoms with Crippen LogP contribution in [0.15, 0.2) is 0 Å². The van der Waals surface area contributed by atoms with Crippen LogP contribution in [0, 0.1) is 0 Å². The Morgan fingerprint density at radius 3 is 1.58 bits per heavy atom. The molecule has 1 saturated heterocycles. The Bertz CT molecular complexity index is 806. The van der Waals surface area contributed by atoms with Crippen LogP contribution in [0.3, 0.4) is 0 Å². The number of hydrogen-bond acceptors (Lipinski definition) is 9. The van der Waals surface area contributed by atoms with E-state index in [1.165, 1.54) is 140 Å². The lowest BCUT2D eigenvalue weighted by Crippen LogP contribution is -2.55. The predicted octanol–water partition coefficient (Wildman–Crippen LogP) is 7.62. The Balaban J connectivity index is 2.35. The monoisotopic (exact) mass is 760 g/mol. The first-order chi connectivity index (χ1) is 25.8. The Morgan fingerprint density at radius 2 is 1.11 bits per heavy atom. The van der Waals surface area contributed by atoms with Crippen LogP contribution in [0.4, 0.5) is 0 Å². The molecule has 1 amide bonds. The molecule has 10 heteroatoms. The second-order valence-electron chi connectivity index (χ2n) is 15.7. The molecule has 0 aromatic carbocycles. The predicted molar refractivity (Wildman–Crippen MR) is 214 cm³/mol. The van der Waals surface area contributed by atoms with E-state index in [1.54, 1.807) is 0 Å². The van der Waals surface area contributed by atoms with Crippen molar-refractivity contribution < 1.29 is 44.5 Å². The second kappa shape index (κ2) is 35.6. The van der Waals surface area contributed by atoms with Gasteiger partial charge in [0.2, 0.25) is 0 Å². The number of aliphatic hydroxyl groups excluding tert-OH is 5. The van der Waals surface area contributed by atoms with E-state index >= 15 is 0 Å². The molecule has 1 fully saturated rings. The fourth-order valence-electron chi connectivity index (χ4n) is 7.21. The van der Waals surface area contributed by atoms with E-state index < -0.39 is 49.1 Å². The van der Waals surface area contributed by atoms with Gasteiger partial charge in [0.15, 0.2) is 0 Å². The summed E-state index contributed by atoms with van der Waals surface area (Å²) in [5.74, 6) is -0.455. The smallest absolute Gasteiger partial charge is 0.251 e. The molecule has 0 aliphatic carbocycles. The van der Waals surface area contributed by atoms with Gasteiger partial charge < -0.3 is 44.6 Å². The molecule has 0 bridgehead atoms. The molecule has 1 aliphatic rings. The van der Waals surface area contributed by atoms with Crippen molar-refractivity contribution in [1.82, 2.24) is 4.90 Å². The number of hydrogen-bond donors (Lipinski definition) is 5. The molecule has 6 atom stereocenters. The summed E-state index contributed by atoms with van der Waals surface area (Å²) in [6.45, 7) is 4.85. The number of rotatable bonds is 38. The number of amides is 1. The third-order valence-corrected chi connectivity index (χ3v) is 10.8. The molecule has 10 nitrogen and oxygen atoms in total. The van der Waals surface area contributed by atoms with Crippen molar-refractivity contribution in [1.29, 1.82) is 0 Å². The van der Waals surface area contributed by atoms with Crippen LogP contribution in [0.2, 0.25) is 0 Å². The van der Waals surface area contributed by atoms with Crippen molar-refractivity contribution in [2.45, 2.75) is 224 Å². The fraction of sp³-hybridized carbons (Fsp3) is 0.977. The lowest BCUT2D eigenvalue weighted by atomic mass is 10.0. The lowest BCUT2D eigenvalue weighted by molar-refractivity contribution is -0.209. The minimum absolute atomic E-state index is 0.00459. The van der Waals surface area contributed by atoms with Gasteiger partial charge in [0, 0.05) is 19.7 Å². The average molecular weight is 760 g/mol. The zero-order valence-corrected chi connectivity index (χ0v) is 34.3. The van der Waals surface area contributed by atoms with E-state index in [0.29, 0.717) is 13.0 Å². The maximum Gasteiger partial charge on any atom is 0.251 e. The maximum absolute atomic E-state index is 13.3. The summed E-state index contributed by atoms with van der Waals surface area (Å²) in [5.41, 5.74) is 0. The van der Waals surface area contributed by atoms with E-state index in [-0.39, 0.29) is 32.9 Å². The normalized spacial score (nSPS) is 20.1. The largest absolute Gasteiger partial charge is 0.394 e. The standard InChI is InChI=1S/C43H85NO9/c1-3-5-7-9-11-13-15-17-18-20-22-24-26-28-31-51-35-37(46)33-44(30-32-52-40-36-53-39(34-45)41(48)42(40)49)43(50)38(47)29-27-25-23-21-19-16-14-12-10-8-6-4-2/h37-42,45-49H,3-36H2,1-2H3/t37?,38?,39-,40+,41-,42-/m1/s1. The van der Waals surface area contributed by atoms with E-state index in [4.69, 9.17) is 14.2 Å². The molecular weight excluding hydrogens is 674 g/mol. The summed E-state index contributed by atoms with van der Waals surface area (Å²) in [7, 11) is 0. The van der Waals surface area contributed by atoms with Gasteiger partial charge in [-0.05, 0) is 12.8 Å². The number of carbonyl (C=O) groups is 1. The van der Waals surface area contributed by atoms with Crippen LogP contribution in [0.5, 0.6) is 0 Å². The quantitative estimate of drug-likeness (QED) is 0.0401. The molecule has 0 saturated carbocycles. The molecular formula is C43H85NO9. The highest BCUT2D eigenvalue weighted by Gasteiger charge is 2.38. The molecule has 1 rings (SSSR count). The molecule has 0 spiro atoms. The summed E-state index contributed by atoms with van der Waals surface area (Å²) in [6, 6.07) is 0. The van der Waals surface area contributed by atoms with Crippen molar-refractivity contribution in [3.63, 3.8) is 0 Å². The molecule has 0 aromatic rings. The van der Waals surface area contributed by atoms with Gasteiger partial charge in [-0.3, -0.25) is 4.79 Å². The molecule has 1 aliphatic heterocycles. The first-order valence-corrected chi connectivity index (χ1v) is 22.3. The van der Waals surface area contributed by atoms with E-state index in [2.05, 4.69) is 13.8 Å². The summed E-state index contributed by atoms with van der Waals surface area (Å²) in [6.07, 6.45) is 26.6. The molecule has 316 valence electrons. The van der Waals surface area contributed by atoms with Crippen molar-refractivity contribution in [3.05, 3.63) is 0 Å². The van der Waals surface area contributed by atoms with Gasteiger partial charge in [-0.1, -0.05) is 174 Å². The summed E-state index contributed by atoms with van der Waals surface area (Å²) in [5, 5.41) is 51.5. The summed E-state index contributed by atoms with van der Waals surface area (Å²) < 4.78 is 16.9. The molecule has 1 heterocycles. The number of aliphatic hydroxyl groups is 5. The summed E-state index contributed by atoms with van der Waals surface area (Å²) >= 11 is 0. The highest BCUT2D eigenvalue weighted by Crippen LogP contribution is 2.19. The molecule has 2 unspecified atom stereocenters. The zero-order valence-electron chi connectivity index (χ0n) is 34.3. The molecule has 0 radical (unpaired) electrons. The highest BCUT2D eigenvalue weighted by molar-refractivity contribution is 5.80. The molecule has 5 N–H and O–H groups in total. The van der Waals surface area contributed by atoms with Gasteiger partial charge in [-0.15, -0.1) is 0 Å². The topological polar surface area (TPSA) is 149 Å². The second-order valence-corrected chi connectivity index (χ2v) is 15.7. The van der Waals surface area contributed by atoms with Gasteiger partial charge in [-0.25, -0.2) is 0 Å². The van der Waals surface area contributed by atoms with Crippen LogP contribution in [-0.4, -0.2) is 119 Å². The van der Waals surface area contributed by atoms with Gasteiger partial charge in [0.25, 0.3) is 5.91 Å². The van der Waals surface area contributed by atoms with Gasteiger partial charge in [0.05, 0.1) is 32.5 Å². The van der Waals surface area contributed by atoms with E-state index in [9.17, 15) is 30.3 Å². The van der Waals surface area contributed by atoms with Crippen molar-refractivity contribution in [2.24, 2.45) is 0 Å². The summed E-state index contributed by atoms with van der Waals surface area (Å²) in [4.78, 5) is 14.8. The minimum Gasteiger partial charge on any atom is -0.394 e. The van der Waals surface area contributed by atoms with Crippen molar-refractivity contribution >= 4 is 5.91 Å². The van der Waals surface area contributed by atoms with Crippen LogP contribution >= 0.6 is 0 Å². The third kappa shape index (κ3) is 26.6. The van der Waals surface area contributed by atoms with Gasteiger partial charge >= 0.3 is 0 Å². The number of ether oxygens (including phenoxy) is 3. The number of unbranched alkanes of at least 4 members (excludes halogenated alkanes) is 24.